The van der Waals surface area contributed by atoms with E-state index < -0.39 is 0 Å². The average molecular weight is 397 g/mol. The van der Waals surface area contributed by atoms with Gasteiger partial charge in [0.05, 0.1) is 5.56 Å². The van der Waals surface area contributed by atoms with Gasteiger partial charge < -0.3 is 9.47 Å². The Morgan fingerprint density at radius 3 is 2.52 bits per heavy atom. The number of allylic oxidation sites excluding steroid dienone is 1. The Morgan fingerprint density at radius 2 is 1.74 bits per heavy atom. The van der Waals surface area contributed by atoms with E-state index in [1.807, 2.05) is 36.4 Å². The zero-order chi connectivity index (χ0) is 18.8. The molecular weight excluding hydrogens is 383 g/mol. The zero-order valence-corrected chi connectivity index (χ0v) is 15.6. The molecule has 27 heavy (non-hydrogen) atoms. The van der Waals surface area contributed by atoms with Gasteiger partial charge in [-0.25, -0.2) is 0 Å². The van der Waals surface area contributed by atoms with Gasteiger partial charge in [-0.05, 0) is 53.6 Å². The van der Waals surface area contributed by atoms with E-state index in [1.54, 1.807) is 36.4 Å². The lowest BCUT2D eigenvalue weighted by Crippen LogP contribution is -1.98. The van der Waals surface area contributed by atoms with Crippen LogP contribution in [0.5, 0.6) is 11.5 Å². The Balaban J connectivity index is 1.51. The van der Waals surface area contributed by atoms with Crippen LogP contribution in [0, 0.1) is 0 Å². The smallest absolute Gasteiger partial charge is 0.231 e. The van der Waals surface area contributed by atoms with E-state index >= 15 is 0 Å². The van der Waals surface area contributed by atoms with E-state index in [4.69, 9.17) is 32.7 Å². The van der Waals surface area contributed by atoms with Crippen LogP contribution in [-0.4, -0.2) is 5.78 Å². The van der Waals surface area contributed by atoms with Crippen LogP contribution < -0.4 is 9.47 Å². The van der Waals surface area contributed by atoms with Crippen molar-refractivity contribution >= 4 is 35.1 Å². The summed E-state index contributed by atoms with van der Waals surface area (Å²) in [5.41, 5.74) is 2.32. The Labute approximate surface area is 166 Å². The quantitative estimate of drug-likeness (QED) is 0.493. The van der Waals surface area contributed by atoms with Gasteiger partial charge in [-0.2, -0.15) is 0 Å². The van der Waals surface area contributed by atoms with Crippen LogP contribution in [-0.2, 0) is 6.61 Å². The minimum absolute atomic E-state index is 0.158. The van der Waals surface area contributed by atoms with Crippen molar-refractivity contribution in [2.24, 2.45) is 0 Å². The van der Waals surface area contributed by atoms with Gasteiger partial charge in [0.15, 0.2) is 5.76 Å². The number of rotatable bonds is 4. The van der Waals surface area contributed by atoms with Crippen LogP contribution in [0.1, 0.15) is 21.5 Å². The fraction of sp³-hybridized carbons (Fsp3) is 0.0455. The molecule has 0 aliphatic carbocycles. The number of benzene rings is 3. The van der Waals surface area contributed by atoms with E-state index in [9.17, 15) is 4.79 Å². The van der Waals surface area contributed by atoms with Crippen molar-refractivity contribution in [1.29, 1.82) is 0 Å². The Kier molecular flexibility index (Phi) is 4.88. The lowest BCUT2D eigenvalue weighted by molar-refractivity contribution is 0.101. The molecule has 134 valence electrons. The number of ether oxygens (including phenoxy) is 2. The van der Waals surface area contributed by atoms with Gasteiger partial charge in [0, 0.05) is 16.1 Å². The molecule has 0 fully saturated rings. The first kappa shape index (κ1) is 17.7. The maximum Gasteiger partial charge on any atom is 0.231 e. The van der Waals surface area contributed by atoms with Gasteiger partial charge in [0.2, 0.25) is 5.78 Å². The molecule has 1 aliphatic heterocycles. The molecule has 1 aliphatic rings. The van der Waals surface area contributed by atoms with Gasteiger partial charge >= 0.3 is 0 Å². The molecule has 0 aromatic heterocycles. The van der Waals surface area contributed by atoms with Crippen molar-refractivity contribution in [2.45, 2.75) is 6.61 Å². The maximum absolute atomic E-state index is 12.5. The molecule has 4 rings (SSSR count). The third kappa shape index (κ3) is 4.00. The van der Waals surface area contributed by atoms with Crippen LogP contribution in [0.4, 0.5) is 0 Å². The fourth-order valence-electron chi connectivity index (χ4n) is 2.75. The molecule has 3 aromatic rings. The standard InChI is InChI=1S/C22H14Cl2O3/c23-16-6-4-14(5-7-16)13-26-18-8-9-19-20(12-18)27-21(22(19)25)11-15-2-1-3-17(24)10-15/h1-12H,13H2/b21-11-. The number of halogens is 2. The van der Waals surface area contributed by atoms with Crippen molar-refractivity contribution in [3.63, 3.8) is 0 Å². The highest BCUT2D eigenvalue weighted by Crippen LogP contribution is 2.35. The monoisotopic (exact) mass is 396 g/mol. The van der Waals surface area contributed by atoms with Crippen LogP contribution in [0.25, 0.3) is 6.08 Å². The topological polar surface area (TPSA) is 35.5 Å². The second-order valence-corrected chi connectivity index (χ2v) is 6.94. The lowest BCUT2D eigenvalue weighted by Gasteiger charge is -2.07. The van der Waals surface area contributed by atoms with Gasteiger partial charge in [0.1, 0.15) is 18.1 Å². The molecule has 0 saturated carbocycles. The molecule has 3 aromatic carbocycles. The van der Waals surface area contributed by atoms with Gasteiger partial charge in [-0.15, -0.1) is 0 Å². The van der Waals surface area contributed by atoms with Crippen LogP contribution in [0.3, 0.4) is 0 Å². The molecular formula is C22H14Cl2O3. The fourth-order valence-corrected chi connectivity index (χ4v) is 3.08. The average Bonchev–Trinajstić information content (AvgIpc) is 2.96. The second-order valence-electron chi connectivity index (χ2n) is 6.07. The largest absolute Gasteiger partial charge is 0.489 e. The molecule has 0 spiro atoms. The minimum atomic E-state index is -0.158. The summed E-state index contributed by atoms with van der Waals surface area (Å²) >= 11 is 11.9. The van der Waals surface area contributed by atoms with E-state index in [0.29, 0.717) is 33.7 Å². The molecule has 0 radical (unpaired) electrons. The summed E-state index contributed by atoms with van der Waals surface area (Å²) < 4.78 is 11.5. The molecule has 5 heteroatoms. The third-order valence-electron chi connectivity index (χ3n) is 4.11. The number of carbonyl (C=O) groups excluding carboxylic acids is 1. The zero-order valence-electron chi connectivity index (χ0n) is 14.1. The number of ketones is 1. The SMILES string of the molecule is O=C1/C(=C/c2cccc(Cl)c2)Oc2cc(OCc3ccc(Cl)cc3)ccc21. The summed E-state index contributed by atoms with van der Waals surface area (Å²) in [7, 11) is 0. The first-order chi connectivity index (χ1) is 13.1. The van der Waals surface area contributed by atoms with E-state index in [-0.39, 0.29) is 11.5 Å². The molecule has 0 bridgehead atoms. The van der Waals surface area contributed by atoms with Gasteiger partial charge in [0.25, 0.3) is 0 Å². The lowest BCUT2D eigenvalue weighted by atomic mass is 10.1. The molecule has 0 unspecified atom stereocenters. The number of hydrogen-bond donors (Lipinski definition) is 0. The molecule has 3 nitrogen and oxygen atoms in total. The molecule has 0 amide bonds. The second kappa shape index (κ2) is 7.47. The van der Waals surface area contributed by atoms with Crippen molar-refractivity contribution in [1.82, 2.24) is 0 Å². The van der Waals surface area contributed by atoms with Crippen LogP contribution >= 0.6 is 23.2 Å². The number of Topliss-reactive ketones (excluding diaryl/α,β-unsaturated/α-hetero) is 1. The predicted molar refractivity (Wildman–Crippen MR) is 107 cm³/mol. The number of carbonyl (C=O) groups is 1. The first-order valence-corrected chi connectivity index (χ1v) is 9.05. The molecule has 1 heterocycles. The van der Waals surface area contributed by atoms with E-state index in [1.165, 1.54) is 0 Å². The van der Waals surface area contributed by atoms with Gasteiger partial charge in [-0.3, -0.25) is 4.79 Å². The summed E-state index contributed by atoms with van der Waals surface area (Å²) in [5, 5.41) is 1.28. The summed E-state index contributed by atoms with van der Waals surface area (Å²) in [6.45, 7) is 0.398. The molecule has 0 saturated heterocycles. The minimum Gasteiger partial charge on any atom is -0.489 e. The number of fused-ring (bicyclic) bond motifs is 1. The Bertz CT molecular complexity index is 1040. The molecule has 0 atom stereocenters. The van der Waals surface area contributed by atoms with Crippen molar-refractivity contribution in [2.75, 3.05) is 0 Å². The van der Waals surface area contributed by atoms with E-state index in [0.717, 1.165) is 11.1 Å². The van der Waals surface area contributed by atoms with Crippen molar-refractivity contribution < 1.29 is 14.3 Å². The summed E-state index contributed by atoms with van der Waals surface area (Å²) in [4.78, 5) is 12.5. The normalized spacial score (nSPS) is 14.1. The summed E-state index contributed by atoms with van der Waals surface area (Å²) in [6, 6.07) is 19.9. The summed E-state index contributed by atoms with van der Waals surface area (Å²) in [6.07, 6.45) is 1.68. The van der Waals surface area contributed by atoms with Crippen LogP contribution in [0.2, 0.25) is 10.0 Å². The predicted octanol–water partition coefficient (Wildman–Crippen LogP) is 6.19. The Hall–Kier alpha value is -2.75. The number of hydrogen-bond acceptors (Lipinski definition) is 3. The highest BCUT2D eigenvalue weighted by atomic mass is 35.5. The van der Waals surface area contributed by atoms with Gasteiger partial charge in [-0.1, -0.05) is 47.5 Å². The highest BCUT2D eigenvalue weighted by molar-refractivity contribution is 6.31. The van der Waals surface area contributed by atoms with Crippen molar-refractivity contribution in [3.05, 3.63) is 99.2 Å². The van der Waals surface area contributed by atoms with E-state index in [2.05, 4.69) is 0 Å². The Morgan fingerprint density at radius 1 is 0.926 bits per heavy atom. The highest BCUT2D eigenvalue weighted by Gasteiger charge is 2.27. The van der Waals surface area contributed by atoms with Crippen LogP contribution in [0.15, 0.2) is 72.5 Å². The van der Waals surface area contributed by atoms with Crippen molar-refractivity contribution in [3.8, 4) is 11.5 Å². The summed E-state index contributed by atoms with van der Waals surface area (Å²) in [5.74, 6) is 1.22. The first-order valence-electron chi connectivity index (χ1n) is 8.29. The molecule has 0 N–H and O–H groups in total. The maximum atomic E-state index is 12.5. The third-order valence-corrected chi connectivity index (χ3v) is 4.59.